The molecule has 0 bridgehead atoms. The third kappa shape index (κ3) is 1.95. The molecule has 0 spiro atoms. The summed E-state index contributed by atoms with van der Waals surface area (Å²) in [7, 11) is 0. The molecule has 1 aromatic heterocycles. The van der Waals surface area contributed by atoms with Gasteiger partial charge in [-0.3, -0.25) is 4.57 Å². The van der Waals surface area contributed by atoms with Crippen molar-refractivity contribution < 1.29 is 4.74 Å². The normalized spacial score (nSPS) is 17.1. The van der Waals surface area contributed by atoms with E-state index in [2.05, 4.69) is 26.6 Å². The molecule has 15 heavy (non-hydrogen) atoms. The molecule has 2 rings (SSSR count). The van der Waals surface area contributed by atoms with Crippen molar-refractivity contribution in [2.75, 3.05) is 31.2 Å². The summed E-state index contributed by atoms with van der Waals surface area (Å²) in [5.41, 5.74) is 5.60. The second-order valence-electron chi connectivity index (χ2n) is 3.46. The maximum Gasteiger partial charge on any atom is 0.227 e. The lowest BCUT2D eigenvalue weighted by Crippen LogP contribution is -2.38. The summed E-state index contributed by atoms with van der Waals surface area (Å²) in [5, 5.41) is 8.27. The summed E-state index contributed by atoms with van der Waals surface area (Å²) in [6.45, 7) is 6.64. The number of hydrogen-bond donors (Lipinski definition) is 1. The van der Waals surface area contributed by atoms with Crippen LogP contribution in [0.3, 0.4) is 0 Å². The predicted octanol–water partition coefficient (Wildman–Crippen LogP) is -0.407. The minimum atomic E-state index is 0.436. The lowest BCUT2D eigenvalue weighted by Gasteiger charge is -2.27. The quantitative estimate of drug-likeness (QED) is 0.736. The van der Waals surface area contributed by atoms with Gasteiger partial charge in [0.05, 0.1) is 19.8 Å². The highest BCUT2D eigenvalue weighted by atomic mass is 16.5. The number of rotatable bonds is 3. The van der Waals surface area contributed by atoms with Crippen molar-refractivity contribution >= 4 is 5.95 Å². The molecule has 1 fully saturated rings. The van der Waals surface area contributed by atoms with Crippen LogP contribution in [-0.2, 0) is 17.8 Å². The molecule has 0 radical (unpaired) electrons. The average molecular weight is 211 g/mol. The van der Waals surface area contributed by atoms with Gasteiger partial charge in [-0.15, -0.1) is 10.2 Å². The van der Waals surface area contributed by atoms with E-state index in [4.69, 9.17) is 10.5 Å². The van der Waals surface area contributed by atoms with Crippen LogP contribution in [0, 0.1) is 0 Å². The molecular formula is C9H17N5O. The molecule has 0 atom stereocenters. The van der Waals surface area contributed by atoms with Gasteiger partial charge in [0.2, 0.25) is 5.95 Å². The summed E-state index contributed by atoms with van der Waals surface area (Å²) >= 11 is 0. The highest BCUT2D eigenvalue weighted by molar-refractivity contribution is 5.31. The second kappa shape index (κ2) is 4.59. The molecule has 0 amide bonds. The van der Waals surface area contributed by atoms with E-state index in [-0.39, 0.29) is 0 Å². The Morgan fingerprint density at radius 3 is 2.67 bits per heavy atom. The van der Waals surface area contributed by atoms with Crippen LogP contribution >= 0.6 is 0 Å². The van der Waals surface area contributed by atoms with Gasteiger partial charge in [0.15, 0.2) is 0 Å². The topological polar surface area (TPSA) is 69.2 Å². The third-order valence-corrected chi connectivity index (χ3v) is 2.60. The minimum Gasteiger partial charge on any atom is -0.378 e. The standard InChI is InChI=1S/C9H17N5O/c1-2-14-8(7-10)11-12-9(14)13-3-5-15-6-4-13/h2-7,10H2,1H3. The van der Waals surface area contributed by atoms with Gasteiger partial charge in [-0.1, -0.05) is 0 Å². The Morgan fingerprint density at radius 1 is 1.33 bits per heavy atom. The molecule has 6 heteroatoms. The van der Waals surface area contributed by atoms with E-state index in [1.165, 1.54) is 0 Å². The molecule has 1 saturated heterocycles. The first kappa shape index (κ1) is 10.4. The molecule has 2 N–H and O–H groups in total. The smallest absolute Gasteiger partial charge is 0.227 e. The van der Waals surface area contributed by atoms with Crippen molar-refractivity contribution in [2.24, 2.45) is 5.73 Å². The van der Waals surface area contributed by atoms with Gasteiger partial charge in [-0.25, -0.2) is 0 Å². The van der Waals surface area contributed by atoms with Gasteiger partial charge in [0.1, 0.15) is 5.82 Å². The van der Waals surface area contributed by atoms with Crippen LogP contribution in [0.1, 0.15) is 12.7 Å². The molecule has 2 heterocycles. The lowest BCUT2D eigenvalue weighted by molar-refractivity contribution is 0.121. The van der Waals surface area contributed by atoms with Gasteiger partial charge in [-0.2, -0.15) is 0 Å². The van der Waals surface area contributed by atoms with Gasteiger partial charge < -0.3 is 15.4 Å². The van der Waals surface area contributed by atoms with Gasteiger partial charge in [0, 0.05) is 19.6 Å². The van der Waals surface area contributed by atoms with E-state index in [1.807, 2.05) is 0 Å². The number of nitrogens with zero attached hydrogens (tertiary/aromatic N) is 4. The van der Waals surface area contributed by atoms with Crippen molar-refractivity contribution in [3.8, 4) is 0 Å². The summed E-state index contributed by atoms with van der Waals surface area (Å²) in [6, 6.07) is 0. The number of morpholine rings is 1. The third-order valence-electron chi connectivity index (χ3n) is 2.60. The number of ether oxygens (including phenoxy) is 1. The summed E-state index contributed by atoms with van der Waals surface area (Å²) in [6.07, 6.45) is 0. The van der Waals surface area contributed by atoms with Crippen molar-refractivity contribution in [1.29, 1.82) is 0 Å². The molecule has 0 aromatic carbocycles. The minimum absolute atomic E-state index is 0.436. The number of anilines is 1. The first-order valence-electron chi connectivity index (χ1n) is 5.31. The van der Waals surface area contributed by atoms with Gasteiger partial charge in [0.25, 0.3) is 0 Å². The van der Waals surface area contributed by atoms with E-state index >= 15 is 0 Å². The molecule has 0 saturated carbocycles. The zero-order valence-corrected chi connectivity index (χ0v) is 9.02. The van der Waals surface area contributed by atoms with Crippen LogP contribution < -0.4 is 10.6 Å². The maximum absolute atomic E-state index is 5.60. The summed E-state index contributed by atoms with van der Waals surface area (Å²) in [4.78, 5) is 2.19. The van der Waals surface area contributed by atoms with Crippen LogP contribution in [0.15, 0.2) is 0 Å². The van der Waals surface area contributed by atoms with Crippen LogP contribution in [0.2, 0.25) is 0 Å². The van der Waals surface area contributed by atoms with Crippen molar-refractivity contribution in [3.63, 3.8) is 0 Å². The molecule has 1 aliphatic heterocycles. The van der Waals surface area contributed by atoms with E-state index in [9.17, 15) is 0 Å². The fraction of sp³-hybridized carbons (Fsp3) is 0.778. The van der Waals surface area contributed by atoms with E-state index in [1.54, 1.807) is 0 Å². The van der Waals surface area contributed by atoms with Crippen LogP contribution in [0.4, 0.5) is 5.95 Å². The molecule has 1 aliphatic rings. The van der Waals surface area contributed by atoms with E-state index in [0.717, 1.165) is 44.6 Å². The molecular weight excluding hydrogens is 194 g/mol. The highest BCUT2D eigenvalue weighted by Gasteiger charge is 2.18. The van der Waals surface area contributed by atoms with Crippen LogP contribution in [-0.4, -0.2) is 41.1 Å². The van der Waals surface area contributed by atoms with Gasteiger partial charge >= 0.3 is 0 Å². The van der Waals surface area contributed by atoms with Crippen molar-refractivity contribution in [2.45, 2.75) is 20.0 Å². The molecule has 0 unspecified atom stereocenters. The van der Waals surface area contributed by atoms with E-state index < -0.39 is 0 Å². The Hall–Kier alpha value is -1.14. The number of aromatic nitrogens is 3. The fourth-order valence-electron chi connectivity index (χ4n) is 1.80. The fourth-order valence-corrected chi connectivity index (χ4v) is 1.80. The van der Waals surface area contributed by atoms with E-state index in [0.29, 0.717) is 6.54 Å². The Bertz CT molecular complexity index is 318. The Morgan fingerprint density at radius 2 is 2.07 bits per heavy atom. The summed E-state index contributed by atoms with van der Waals surface area (Å²) < 4.78 is 7.36. The number of nitrogens with two attached hydrogens (primary N) is 1. The highest BCUT2D eigenvalue weighted by Crippen LogP contribution is 2.14. The average Bonchev–Trinajstić information content (AvgIpc) is 2.72. The molecule has 1 aromatic rings. The van der Waals surface area contributed by atoms with Crippen LogP contribution in [0.25, 0.3) is 0 Å². The first-order valence-corrected chi connectivity index (χ1v) is 5.31. The van der Waals surface area contributed by atoms with Gasteiger partial charge in [-0.05, 0) is 6.92 Å². The van der Waals surface area contributed by atoms with Crippen molar-refractivity contribution in [1.82, 2.24) is 14.8 Å². The largest absolute Gasteiger partial charge is 0.378 e. The maximum atomic E-state index is 5.60. The predicted molar refractivity (Wildman–Crippen MR) is 56.6 cm³/mol. The first-order chi connectivity index (χ1) is 7.36. The van der Waals surface area contributed by atoms with Crippen LogP contribution in [0.5, 0.6) is 0 Å². The molecule has 6 nitrogen and oxygen atoms in total. The Balaban J connectivity index is 2.22. The monoisotopic (exact) mass is 211 g/mol. The Labute approximate surface area is 89.0 Å². The van der Waals surface area contributed by atoms with Crippen molar-refractivity contribution in [3.05, 3.63) is 5.82 Å². The zero-order chi connectivity index (χ0) is 10.7. The number of hydrogen-bond acceptors (Lipinski definition) is 5. The molecule has 0 aliphatic carbocycles. The Kier molecular flexibility index (Phi) is 3.17. The summed E-state index contributed by atoms with van der Waals surface area (Å²) in [5.74, 6) is 1.76. The zero-order valence-electron chi connectivity index (χ0n) is 9.02. The molecule has 84 valence electrons. The lowest BCUT2D eigenvalue weighted by atomic mass is 10.4. The SMILES string of the molecule is CCn1c(CN)nnc1N1CCOCC1. The second-order valence-corrected chi connectivity index (χ2v) is 3.46.